The number of nitrogens with zero attached hydrogens (tertiary/aromatic N) is 1. The number of rotatable bonds is 6. The first kappa shape index (κ1) is 16.5. The molecule has 0 amide bonds. The molecule has 0 bridgehead atoms. The Kier molecular flexibility index (Phi) is 5.53. The van der Waals surface area contributed by atoms with Crippen molar-refractivity contribution in [3.8, 4) is 5.75 Å². The lowest BCUT2D eigenvalue weighted by molar-refractivity contribution is -0.384. The van der Waals surface area contributed by atoms with E-state index >= 15 is 0 Å². The average molecular weight is 299 g/mol. The molecule has 0 fully saturated rings. The quantitative estimate of drug-likeness (QED) is 0.495. The second kappa shape index (κ2) is 6.72. The molecule has 5 nitrogen and oxygen atoms in total. The summed E-state index contributed by atoms with van der Waals surface area (Å²) in [7, 11) is 0. The van der Waals surface area contributed by atoms with Crippen LogP contribution in [0.3, 0.4) is 0 Å². The maximum absolute atomic E-state index is 10.6. The summed E-state index contributed by atoms with van der Waals surface area (Å²) in [5, 5.41) is 14.1. The van der Waals surface area contributed by atoms with Gasteiger partial charge in [0, 0.05) is 24.2 Å². The first-order valence-corrected chi connectivity index (χ1v) is 6.55. The minimum atomic E-state index is -0.498. The molecule has 1 aromatic carbocycles. The molecular weight excluding hydrogens is 280 g/mol. The fourth-order valence-electron chi connectivity index (χ4n) is 1.34. The van der Waals surface area contributed by atoms with Gasteiger partial charge in [0.25, 0.3) is 5.69 Å². The molecule has 0 aliphatic carbocycles. The number of non-ortho nitro benzene ring substituents is 1. The Morgan fingerprint density at radius 2 is 2.15 bits per heavy atom. The van der Waals surface area contributed by atoms with E-state index in [-0.39, 0.29) is 16.2 Å². The van der Waals surface area contributed by atoms with Gasteiger partial charge in [0.2, 0.25) is 0 Å². The Balaban J connectivity index is 2.54. The second-order valence-electron chi connectivity index (χ2n) is 5.51. The average Bonchev–Trinajstić information content (AvgIpc) is 2.33. The molecule has 0 aromatic heterocycles. The lowest BCUT2D eigenvalue weighted by atomic mass is 10.1. The molecule has 0 saturated carbocycles. The van der Waals surface area contributed by atoms with E-state index in [1.54, 1.807) is 0 Å². The van der Waals surface area contributed by atoms with E-state index in [0.29, 0.717) is 18.9 Å². The van der Waals surface area contributed by atoms with E-state index in [9.17, 15) is 10.1 Å². The van der Waals surface area contributed by atoms with Gasteiger partial charge >= 0.3 is 0 Å². The monoisotopic (exact) mass is 298 g/mol. The highest BCUT2D eigenvalue weighted by Gasteiger charge is 2.12. The van der Waals surface area contributed by atoms with Crippen molar-refractivity contribution in [1.29, 1.82) is 0 Å². The van der Waals surface area contributed by atoms with Crippen LogP contribution in [-0.2, 0) is 0 Å². The molecule has 0 spiro atoms. The van der Waals surface area contributed by atoms with Crippen LogP contribution in [-0.4, -0.2) is 23.6 Å². The van der Waals surface area contributed by atoms with E-state index in [4.69, 9.17) is 16.3 Å². The number of hydrogen-bond acceptors (Lipinski definition) is 4. The van der Waals surface area contributed by atoms with Crippen molar-refractivity contribution in [1.82, 2.24) is 5.32 Å². The van der Waals surface area contributed by atoms with Crippen LogP contribution in [0.15, 0.2) is 30.4 Å². The van der Waals surface area contributed by atoms with Gasteiger partial charge in [0.15, 0.2) is 0 Å². The maximum Gasteiger partial charge on any atom is 0.271 e. The zero-order chi connectivity index (χ0) is 15.3. The van der Waals surface area contributed by atoms with Crippen LogP contribution in [0, 0.1) is 10.1 Å². The van der Waals surface area contributed by atoms with Crippen molar-refractivity contribution in [3.63, 3.8) is 0 Å². The standard InChI is InChI=1S/C14H19ClN2O3/c1-10(8-16-14(2,3)4)9-20-13-6-5-11(17(18)19)7-12(13)15/h5-7,16H,1,8-9H2,2-4H3. The molecule has 0 aliphatic rings. The van der Waals surface area contributed by atoms with Gasteiger partial charge in [-0.2, -0.15) is 0 Å². The lowest BCUT2D eigenvalue weighted by Gasteiger charge is -2.21. The number of nitrogens with one attached hydrogen (secondary N) is 1. The molecule has 0 unspecified atom stereocenters. The van der Waals surface area contributed by atoms with Crippen LogP contribution in [0.25, 0.3) is 0 Å². The van der Waals surface area contributed by atoms with Gasteiger partial charge in [0.1, 0.15) is 12.4 Å². The Morgan fingerprint density at radius 1 is 1.50 bits per heavy atom. The van der Waals surface area contributed by atoms with Crippen LogP contribution >= 0.6 is 11.6 Å². The summed E-state index contributed by atoms with van der Waals surface area (Å²) < 4.78 is 5.50. The molecule has 1 aromatic rings. The summed E-state index contributed by atoms with van der Waals surface area (Å²) in [6.07, 6.45) is 0. The van der Waals surface area contributed by atoms with Crippen molar-refractivity contribution in [2.24, 2.45) is 0 Å². The second-order valence-corrected chi connectivity index (χ2v) is 5.92. The van der Waals surface area contributed by atoms with Crippen LogP contribution < -0.4 is 10.1 Å². The van der Waals surface area contributed by atoms with Crippen LogP contribution in [0.1, 0.15) is 20.8 Å². The smallest absolute Gasteiger partial charge is 0.271 e. The highest BCUT2D eigenvalue weighted by molar-refractivity contribution is 6.32. The maximum atomic E-state index is 10.6. The SMILES string of the molecule is C=C(CNC(C)(C)C)COc1ccc([N+](=O)[O-])cc1Cl. The van der Waals surface area contributed by atoms with Crippen molar-refractivity contribution in [2.45, 2.75) is 26.3 Å². The third-order valence-corrected chi connectivity index (χ3v) is 2.72. The Labute approximate surface area is 123 Å². The van der Waals surface area contributed by atoms with Crippen molar-refractivity contribution in [2.75, 3.05) is 13.2 Å². The predicted octanol–water partition coefficient (Wildman–Crippen LogP) is 3.57. The molecule has 6 heteroatoms. The van der Waals surface area contributed by atoms with E-state index in [0.717, 1.165) is 5.57 Å². The zero-order valence-corrected chi connectivity index (χ0v) is 12.7. The first-order chi connectivity index (χ1) is 9.19. The molecule has 1 rings (SSSR count). The number of hydrogen-bond donors (Lipinski definition) is 1. The highest BCUT2D eigenvalue weighted by Crippen LogP contribution is 2.28. The normalized spacial score (nSPS) is 11.2. The minimum Gasteiger partial charge on any atom is -0.488 e. The molecule has 0 atom stereocenters. The summed E-state index contributed by atoms with van der Waals surface area (Å²) in [6.45, 7) is 11.0. The van der Waals surface area contributed by atoms with Gasteiger partial charge in [-0.05, 0) is 32.4 Å². The molecular formula is C14H19ClN2O3. The van der Waals surface area contributed by atoms with Crippen LogP contribution in [0.5, 0.6) is 5.75 Å². The lowest BCUT2D eigenvalue weighted by Crippen LogP contribution is -2.37. The molecule has 110 valence electrons. The van der Waals surface area contributed by atoms with Gasteiger partial charge in [-0.25, -0.2) is 0 Å². The summed E-state index contributed by atoms with van der Waals surface area (Å²) in [5.41, 5.74) is 0.818. The Bertz CT molecular complexity index is 510. The fraction of sp³-hybridized carbons (Fsp3) is 0.429. The first-order valence-electron chi connectivity index (χ1n) is 6.17. The summed E-state index contributed by atoms with van der Waals surface area (Å²) in [4.78, 5) is 10.1. The predicted molar refractivity (Wildman–Crippen MR) is 80.5 cm³/mol. The van der Waals surface area contributed by atoms with Crippen molar-refractivity contribution >= 4 is 17.3 Å². The van der Waals surface area contributed by atoms with E-state index in [1.165, 1.54) is 18.2 Å². The van der Waals surface area contributed by atoms with E-state index in [1.807, 2.05) is 0 Å². The molecule has 0 saturated heterocycles. The number of nitro groups is 1. The summed E-state index contributed by atoms with van der Waals surface area (Å²) in [5.74, 6) is 0.411. The fourth-order valence-corrected chi connectivity index (χ4v) is 1.57. The van der Waals surface area contributed by atoms with Crippen molar-refractivity contribution < 1.29 is 9.66 Å². The number of benzene rings is 1. The zero-order valence-electron chi connectivity index (χ0n) is 11.9. The Hall–Kier alpha value is -1.59. The minimum absolute atomic E-state index is 0.00788. The molecule has 0 heterocycles. The van der Waals surface area contributed by atoms with Crippen LogP contribution in [0.2, 0.25) is 5.02 Å². The van der Waals surface area contributed by atoms with E-state index in [2.05, 4.69) is 32.7 Å². The summed E-state index contributed by atoms with van der Waals surface area (Å²) >= 11 is 5.93. The highest BCUT2D eigenvalue weighted by atomic mass is 35.5. The topological polar surface area (TPSA) is 64.4 Å². The molecule has 0 aliphatic heterocycles. The van der Waals surface area contributed by atoms with Gasteiger partial charge in [-0.1, -0.05) is 18.2 Å². The van der Waals surface area contributed by atoms with Crippen molar-refractivity contribution in [3.05, 3.63) is 45.5 Å². The third kappa shape index (κ3) is 5.59. The molecule has 0 radical (unpaired) electrons. The molecule has 1 N–H and O–H groups in total. The van der Waals surface area contributed by atoms with Gasteiger partial charge < -0.3 is 10.1 Å². The summed E-state index contributed by atoms with van der Waals surface area (Å²) in [6, 6.07) is 4.12. The largest absolute Gasteiger partial charge is 0.488 e. The van der Waals surface area contributed by atoms with E-state index < -0.39 is 4.92 Å². The van der Waals surface area contributed by atoms with Crippen LogP contribution in [0.4, 0.5) is 5.69 Å². The number of nitro benzene ring substituents is 1. The Morgan fingerprint density at radius 3 is 2.65 bits per heavy atom. The van der Waals surface area contributed by atoms with Gasteiger partial charge in [-0.3, -0.25) is 10.1 Å². The number of ether oxygens (including phenoxy) is 1. The van der Waals surface area contributed by atoms with Gasteiger partial charge in [0.05, 0.1) is 9.95 Å². The molecule has 20 heavy (non-hydrogen) atoms. The third-order valence-electron chi connectivity index (χ3n) is 2.43. The van der Waals surface area contributed by atoms with Gasteiger partial charge in [-0.15, -0.1) is 0 Å². The number of halogens is 1.